The zero-order valence-electron chi connectivity index (χ0n) is 24.2. The van der Waals surface area contributed by atoms with Crippen molar-refractivity contribution in [2.45, 2.75) is 39.3 Å². The number of nitrogens with zero attached hydrogens (tertiary/aromatic N) is 2. The normalized spacial score (nSPS) is 14.7. The van der Waals surface area contributed by atoms with Crippen molar-refractivity contribution in [3.8, 4) is 11.5 Å². The van der Waals surface area contributed by atoms with Crippen LogP contribution in [-0.4, -0.2) is 24.3 Å². The number of carbonyl (C=O) groups is 1. The third-order valence-electron chi connectivity index (χ3n) is 6.93. The summed E-state index contributed by atoms with van der Waals surface area (Å²) in [4.78, 5) is 33.2. The molecule has 3 aromatic carbocycles. The first-order valence-corrected chi connectivity index (χ1v) is 17.3. The number of carbonyl (C=O) groups excluding carboxylic acids is 1. The minimum atomic E-state index is -0.840. The zero-order chi connectivity index (χ0) is 31.4. The van der Waals surface area contributed by atoms with Gasteiger partial charge in [-0.15, -0.1) is 0 Å². The summed E-state index contributed by atoms with van der Waals surface area (Å²) in [6.45, 7) is 4.34. The van der Waals surface area contributed by atoms with Gasteiger partial charge in [-0.25, -0.2) is 9.79 Å². The van der Waals surface area contributed by atoms with Crippen LogP contribution in [0.3, 0.4) is 0 Å². The van der Waals surface area contributed by atoms with Crippen molar-refractivity contribution < 1.29 is 19.0 Å². The molecule has 228 valence electrons. The van der Waals surface area contributed by atoms with E-state index in [-0.39, 0.29) is 12.2 Å². The summed E-state index contributed by atoms with van der Waals surface area (Å²) in [5.41, 5.74) is 3.00. The van der Waals surface area contributed by atoms with E-state index in [2.05, 4.69) is 45.2 Å². The maximum absolute atomic E-state index is 14.3. The second-order valence-corrected chi connectivity index (χ2v) is 13.7. The van der Waals surface area contributed by atoms with Crippen molar-refractivity contribution in [1.82, 2.24) is 4.57 Å². The topological polar surface area (TPSA) is 79.1 Å². The predicted octanol–water partition coefficient (Wildman–Crippen LogP) is 7.03. The standard InChI is InChI=1S/C33H29ClI2N2O5S/c1-4-9-25-28(32(40)42-5-2)29(23-16-21(34)12-13-26(23)41-3)38-31(39)27(44-33(38)37-25)15-20-14-22(35)17-24(36)30(20)43-18-19-10-7-6-8-11-19/h6-8,10-17,29H,4-5,9,18H2,1-3H3/b27-15+/t29-/m0/s1. The number of fused-ring (bicyclic) bond motifs is 1. The van der Waals surface area contributed by atoms with Crippen LogP contribution in [0.15, 0.2) is 81.7 Å². The molecular weight excluding hydrogens is 826 g/mol. The second-order valence-electron chi connectivity index (χ2n) is 9.88. The van der Waals surface area contributed by atoms with E-state index in [1.807, 2.05) is 55.5 Å². The SMILES string of the molecule is CCCC1=C(C(=O)OCC)[C@H](c2cc(Cl)ccc2OC)n2c(s/c(=C/c3cc(I)cc(I)c3OCc3ccccc3)c2=O)=N1. The van der Waals surface area contributed by atoms with E-state index in [0.29, 0.717) is 55.7 Å². The van der Waals surface area contributed by atoms with Gasteiger partial charge in [-0.2, -0.15) is 0 Å². The van der Waals surface area contributed by atoms with Crippen LogP contribution < -0.4 is 24.4 Å². The van der Waals surface area contributed by atoms with E-state index < -0.39 is 12.0 Å². The molecule has 1 aromatic heterocycles. The van der Waals surface area contributed by atoms with Gasteiger partial charge in [0.25, 0.3) is 5.56 Å². The Kier molecular flexibility index (Phi) is 10.9. The van der Waals surface area contributed by atoms with Crippen molar-refractivity contribution in [1.29, 1.82) is 0 Å². The first-order chi connectivity index (χ1) is 21.2. The van der Waals surface area contributed by atoms with Gasteiger partial charge >= 0.3 is 5.97 Å². The maximum atomic E-state index is 14.3. The van der Waals surface area contributed by atoms with Crippen molar-refractivity contribution in [3.05, 3.63) is 120 Å². The lowest BCUT2D eigenvalue weighted by Crippen LogP contribution is -2.40. The number of hydrogen-bond donors (Lipinski definition) is 0. The first kappa shape index (κ1) is 32.7. The lowest BCUT2D eigenvalue weighted by atomic mass is 9.93. The molecule has 0 bridgehead atoms. The fraction of sp³-hybridized carbons (Fsp3) is 0.242. The van der Waals surface area contributed by atoms with E-state index >= 15 is 0 Å². The molecule has 1 atom stereocenters. The highest BCUT2D eigenvalue weighted by Gasteiger charge is 2.36. The summed E-state index contributed by atoms with van der Waals surface area (Å²) in [5.74, 6) is 0.662. The Morgan fingerprint density at radius 1 is 1.11 bits per heavy atom. The first-order valence-electron chi connectivity index (χ1n) is 14.0. The highest BCUT2D eigenvalue weighted by molar-refractivity contribution is 14.1. The van der Waals surface area contributed by atoms with Crippen molar-refractivity contribution in [2.75, 3.05) is 13.7 Å². The highest BCUT2D eigenvalue weighted by atomic mass is 127. The van der Waals surface area contributed by atoms with Gasteiger partial charge in [0.05, 0.1) is 33.1 Å². The molecule has 2 heterocycles. The molecule has 44 heavy (non-hydrogen) atoms. The van der Waals surface area contributed by atoms with Crippen LogP contribution in [0.5, 0.6) is 11.5 Å². The average molecular weight is 855 g/mol. The van der Waals surface area contributed by atoms with Crippen molar-refractivity contribution >= 4 is 80.2 Å². The number of hydrogen-bond acceptors (Lipinski definition) is 7. The smallest absolute Gasteiger partial charge is 0.338 e. The van der Waals surface area contributed by atoms with Gasteiger partial charge < -0.3 is 14.2 Å². The van der Waals surface area contributed by atoms with E-state index in [1.165, 1.54) is 11.3 Å². The largest absolute Gasteiger partial charge is 0.496 e. The van der Waals surface area contributed by atoms with E-state index in [4.69, 9.17) is 30.8 Å². The molecule has 0 N–H and O–H groups in total. The van der Waals surface area contributed by atoms with E-state index in [9.17, 15) is 9.59 Å². The lowest BCUT2D eigenvalue weighted by Gasteiger charge is -2.27. The van der Waals surface area contributed by atoms with Gasteiger partial charge in [-0.05, 0) is 100 Å². The number of ether oxygens (including phenoxy) is 3. The van der Waals surface area contributed by atoms with Crippen LogP contribution in [-0.2, 0) is 16.1 Å². The summed E-state index contributed by atoms with van der Waals surface area (Å²) < 4.78 is 21.5. The summed E-state index contributed by atoms with van der Waals surface area (Å²) >= 11 is 12.3. The predicted molar refractivity (Wildman–Crippen MR) is 190 cm³/mol. The van der Waals surface area contributed by atoms with Crippen molar-refractivity contribution in [3.63, 3.8) is 0 Å². The number of allylic oxidation sites excluding steroid dienone is 1. The molecule has 7 nitrogen and oxygen atoms in total. The number of halogens is 3. The van der Waals surface area contributed by atoms with E-state index in [1.54, 1.807) is 36.8 Å². The van der Waals surface area contributed by atoms with Gasteiger partial charge in [0.2, 0.25) is 0 Å². The molecule has 0 spiro atoms. The maximum Gasteiger partial charge on any atom is 0.338 e. The van der Waals surface area contributed by atoms with Gasteiger partial charge in [0, 0.05) is 19.7 Å². The number of esters is 1. The number of benzene rings is 3. The Hall–Kier alpha value is -2.68. The van der Waals surface area contributed by atoms with Crippen LogP contribution >= 0.6 is 68.1 Å². The molecule has 0 unspecified atom stereocenters. The second kappa shape index (κ2) is 14.6. The number of rotatable bonds is 10. The molecule has 0 saturated carbocycles. The van der Waals surface area contributed by atoms with Crippen molar-refractivity contribution in [2.24, 2.45) is 4.99 Å². The van der Waals surface area contributed by atoms with Gasteiger partial charge in [-0.1, -0.05) is 66.6 Å². The number of thiazole rings is 1. The molecule has 0 fully saturated rings. The molecular formula is C33H29ClI2N2O5S. The zero-order valence-corrected chi connectivity index (χ0v) is 30.1. The Morgan fingerprint density at radius 3 is 2.59 bits per heavy atom. The van der Waals surface area contributed by atoms with Crippen LogP contribution in [0.2, 0.25) is 5.02 Å². The third kappa shape index (κ3) is 6.92. The monoisotopic (exact) mass is 854 g/mol. The Morgan fingerprint density at radius 2 is 1.89 bits per heavy atom. The molecule has 0 saturated heterocycles. The summed E-state index contributed by atoms with van der Waals surface area (Å²) in [5, 5.41) is 0.453. The number of aromatic nitrogens is 1. The molecule has 5 rings (SSSR count). The minimum Gasteiger partial charge on any atom is -0.496 e. The average Bonchev–Trinajstić information content (AvgIpc) is 3.30. The number of methoxy groups -OCH3 is 1. The van der Waals surface area contributed by atoms with Crippen LogP contribution in [0.1, 0.15) is 49.4 Å². The minimum absolute atomic E-state index is 0.183. The Bertz CT molecular complexity index is 1920. The van der Waals surface area contributed by atoms with Gasteiger partial charge in [-0.3, -0.25) is 9.36 Å². The molecule has 1 aliphatic rings. The quantitative estimate of drug-likeness (QED) is 0.127. The molecule has 0 amide bonds. The van der Waals surface area contributed by atoms with Crippen LogP contribution in [0.4, 0.5) is 0 Å². The lowest BCUT2D eigenvalue weighted by molar-refractivity contribution is -0.139. The fourth-order valence-corrected chi connectivity index (χ4v) is 8.28. The Balaban J connectivity index is 1.73. The summed E-state index contributed by atoms with van der Waals surface area (Å²) in [6.07, 6.45) is 3.12. The highest BCUT2D eigenvalue weighted by Crippen LogP contribution is 2.38. The third-order valence-corrected chi connectivity index (χ3v) is 9.57. The summed E-state index contributed by atoms with van der Waals surface area (Å²) in [6, 6.07) is 18.3. The van der Waals surface area contributed by atoms with Gasteiger partial charge in [0.1, 0.15) is 24.1 Å². The molecule has 0 radical (unpaired) electrons. The van der Waals surface area contributed by atoms with E-state index in [0.717, 1.165) is 24.7 Å². The van der Waals surface area contributed by atoms with Gasteiger partial charge in [0.15, 0.2) is 4.80 Å². The Labute approximate surface area is 291 Å². The molecule has 1 aliphatic heterocycles. The van der Waals surface area contributed by atoms with Crippen LogP contribution in [0, 0.1) is 7.14 Å². The molecule has 0 aliphatic carbocycles. The van der Waals surface area contributed by atoms with Crippen LogP contribution in [0.25, 0.3) is 6.08 Å². The molecule has 4 aromatic rings. The summed E-state index contributed by atoms with van der Waals surface area (Å²) in [7, 11) is 1.55. The fourth-order valence-electron chi connectivity index (χ4n) is 5.04. The molecule has 11 heteroatoms.